The predicted octanol–water partition coefficient (Wildman–Crippen LogP) is 0.470. The molecule has 7 nitrogen and oxygen atoms in total. The highest BCUT2D eigenvalue weighted by molar-refractivity contribution is 5.45. The molecule has 0 bridgehead atoms. The summed E-state index contributed by atoms with van der Waals surface area (Å²) in [5.41, 5.74) is 0.326. The summed E-state index contributed by atoms with van der Waals surface area (Å²) < 4.78 is 5.09. The maximum atomic E-state index is 10.6. The Hall–Kier alpha value is -1.73. The fraction of sp³-hybridized carbons (Fsp3) is 0.500. The minimum absolute atomic E-state index is 0.0150. The van der Waals surface area contributed by atoms with Gasteiger partial charge in [0.05, 0.1) is 30.3 Å². The van der Waals surface area contributed by atoms with E-state index < -0.39 is 11.0 Å². The summed E-state index contributed by atoms with van der Waals surface area (Å²) in [7, 11) is 0. The molecule has 0 saturated carbocycles. The molecule has 1 aliphatic heterocycles. The summed E-state index contributed by atoms with van der Waals surface area (Å²) in [5.74, 6) is 0.502. The zero-order chi connectivity index (χ0) is 12.4. The molecular weight excluding hydrogens is 226 g/mol. The molecule has 1 fully saturated rings. The highest BCUT2D eigenvalue weighted by atomic mass is 16.6. The molecule has 7 heteroatoms. The molecule has 1 aliphatic rings. The normalized spacial score (nSPS) is 23.6. The largest absolute Gasteiger partial charge is 0.388 e. The molecule has 17 heavy (non-hydrogen) atoms. The third-order valence-corrected chi connectivity index (χ3v) is 2.64. The highest BCUT2D eigenvalue weighted by Gasteiger charge is 2.26. The quantitative estimate of drug-likeness (QED) is 0.587. The first-order valence-electron chi connectivity index (χ1n) is 5.22. The molecule has 0 aromatic carbocycles. The van der Waals surface area contributed by atoms with Gasteiger partial charge in [-0.25, -0.2) is 4.98 Å². The van der Waals surface area contributed by atoms with E-state index >= 15 is 0 Å². The van der Waals surface area contributed by atoms with Gasteiger partial charge in [0, 0.05) is 6.07 Å². The van der Waals surface area contributed by atoms with Crippen LogP contribution in [0.1, 0.15) is 5.69 Å². The lowest BCUT2D eigenvalue weighted by atomic mass is 10.2. The van der Waals surface area contributed by atoms with Crippen molar-refractivity contribution in [3.8, 4) is 0 Å². The molecular formula is C10H13N3O4. The summed E-state index contributed by atoms with van der Waals surface area (Å²) in [6.45, 7) is 2.27. The Morgan fingerprint density at radius 2 is 2.35 bits per heavy atom. The number of pyridine rings is 1. The molecule has 92 valence electrons. The fourth-order valence-electron chi connectivity index (χ4n) is 1.70. The Labute approximate surface area is 97.6 Å². The zero-order valence-electron chi connectivity index (χ0n) is 9.29. The number of nitrogens with zero attached hydrogens (tertiary/aromatic N) is 2. The van der Waals surface area contributed by atoms with Gasteiger partial charge >= 0.3 is 0 Å². The molecule has 0 amide bonds. The van der Waals surface area contributed by atoms with Crippen molar-refractivity contribution >= 4 is 11.5 Å². The Bertz CT molecular complexity index is 438. The Kier molecular flexibility index (Phi) is 3.21. The van der Waals surface area contributed by atoms with Crippen LogP contribution in [-0.2, 0) is 4.74 Å². The van der Waals surface area contributed by atoms with E-state index in [9.17, 15) is 15.2 Å². The number of anilines is 1. The third kappa shape index (κ3) is 2.51. The first-order chi connectivity index (χ1) is 8.08. The number of aryl methyl sites for hydroxylation is 1. The Morgan fingerprint density at radius 3 is 2.88 bits per heavy atom. The highest BCUT2D eigenvalue weighted by Crippen LogP contribution is 2.19. The van der Waals surface area contributed by atoms with Crippen LogP contribution < -0.4 is 5.32 Å². The SMILES string of the molecule is Cc1nc(N[C@@H]2COC[C@@H]2O)ccc1[N+](=O)[O-]. The summed E-state index contributed by atoms with van der Waals surface area (Å²) in [6.07, 6.45) is -0.577. The zero-order valence-corrected chi connectivity index (χ0v) is 9.29. The molecule has 2 atom stereocenters. The minimum atomic E-state index is -0.577. The summed E-state index contributed by atoms with van der Waals surface area (Å²) in [6, 6.07) is 2.70. The second kappa shape index (κ2) is 4.64. The van der Waals surface area contributed by atoms with Gasteiger partial charge in [0.1, 0.15) is 11.5 Å². The van der Waals surface area contributed by atoms with Crippen molar-refractivity contribution in [2.75, 3.05) is 18.5 Å². The number of rotatable bonds is 3. The standard InChI is InChI=1S/C10H13N3O4/c1-6-8(13(15)16)2-3-10(11-6)12-7-4-17-5-9(7)14/h2-3,7,9,14H,4-5H2,1H3,(H,11,12)/t7-,9+/m1/s1. The van der Waals surface area contributed by atoms with Gasteiger partial charge in [0.15, 0.2) is 0 Å². The molecule has 1 aromatic rings. The van der Waals surface area contributed by atoms with Crippen molar-refractivity contribution in [3.63, 3.8) is 0 Å². The van der Waals surface area contributed by atoms with E-state index in [1.807, 2.05) is 0 Å². The van der Waals surface area contributed by atoms with Gasteiger partial charge in [0.2, 0.25) is 0 Å². The van der Waals surface area contributed by atoms with Crippen LogP contribution in [0.4, 0.5) is 11.5 Å². The van der Waals surface area contributed by atoms with Gasteiger partial charge in [-0.3, -0.25) is 10.1 Å². The van der Waals surface area contributed by atoms with Crippen molar-refractivity contribution in [2.24, 2.45) is 0 Å². The van der Waals surface area contributed by atoms with Crippen LogP contribution in [0.3, 0.4) is 0 Å². The lowest BCUT2D eigenvalue weighted by molar-refractivity contribution is -0.385. The van der Waals surface area contributed by atoms with Gasteiger partial charge < -0.3 is 15.2 Å². The van der Waals surface area contributed by atoms with E-state index in [1.54, 1.807) is 6.92 Å². The monoisotopic (exact) mass is 239 g/mol. The average molecular weight is 239 g/mol. The van der Waals surface area contributed by atoms with E-state index in [-0.39, 0.29) is 11.7 Å². The predicted molar refractivity (Wildman–Crippen MR) is 59.9 cm³/mol. The summed E-state index contributed by atoms with van der Waals surface area (Å²) >= 11 is 0. The molecule has 1 aromatic heterocycles. The van der Waals surface area contributed by atoms with Crippen LogP contribution in [0.15, 0.2) is 12.1 Å². The first-order valence-corrected chi connectivity index (χ1v) is 5.22. The maximum absolute atomic E-state index is 10.6. The van der Waals surface area contributed by atoms with Crippen LogP contribution in [0.25, 0.3) is 0 Å². The molecule has 1 saturated heterocycles. The average Bonchev–Trinajstić information content (AvgIpc) is 2.64. The number of aliphatic hydroxyl groups excluding tert-OH is 1. The number of ether oxygens (including phenoxy) is 1. The topological polar surface area (TPSA) is 97.5 Å². The van der Waals surface area contributed by atoms with Crippen LogP contribution in [-0.4, -0.2) is 40.4 Å². The Morgan fingerprint density at radius 1 is 1.59 bits per heavy atom. The van der Waals surface area contributed by atoms with E-state index in [2.05, 4.69) is 10.3 Å². The number of nitrogens with one attached hydrogen (secondary N) is 1. The van der Waals surface area contributed by atoms with Crippen molar-refractivity contribution in [3.05, 3.63) is 27.9 Å². The van der Waals surface area contributed by atoms with Gasteiger partial charge in [0.25, 0.3) is 5.69 Å². The lowest BCUT2D eigenvalue weighted by Crippen LogP contribution is -2.32. The van der Waals surface area contributed by atoms with Crippen molar-refractivity contribution in [2.45, 2.75) is 19.1 Å². The molecule has 0 radical (unpaired) electrons. The van der Waals surface area contributed by atoms with Crippen LogP contribution in [0.5, 0.6) is 0 Å². The lowest BCUT2D eigenvalue weighted by Gasteiger charge is -2.15. The van der Waals surface area contributed by atoms with Crippen molar-refractivity contribution in [1.82, 2.24) is 4.98 Å². The van der Waals surface area contributed by atoms with Crippen LogP contribution in [0.2, 0.25) is 0 Å². The van der Waals surface area contributed by atoms with Gasteiger partial charge in [-0.15, -0.1) is 0 Å². The molecule has 0 spiro atoms. The third-order valence-electron chi connectivity index (χ3n) is 2.64. The summed E-state index contributed by atoms with van der Waals surface area (Å²) in [5, 5.41) is 23.1. The van der Waals surface area contributed by atoms with E-state index in [0.717, 1.165) is 0 Å². The second-order valence-electron chi connectivity index (χ2n) is 3.91. The molecule has 0 unspecified atom stereocenters. The fourth-order valence-corrected chi connectivity index (χ4v) is 1.70. The summed E-state index contributed by atoms with van der Waals surface area (Å²) in [4.78, 5) is 14.2. The number of aliphatic hydroxyl groups is 1. The van der Waals surface area contributed by atoms with Gasteiger partial charge in [-0.05, 0) is 13.0 Å². The van der Waals surface area contributed by atoms with E-state index in [0.29, 0.717) is 24.7 Å². The number of hydrogen-bond acceptors (Lipinski definition) is 6. The first kappa shape index (κ1) is 11.7. The molecule has 2 rings (SSSR count). The van der Waals surface area contributed by atoms with Crippen molar-refractivity contribution < 1.29 is 14.8 Å². The van der Waals surface area contributed by atoms with Gasteiger partial charge in [-0.2, -0.15) is 0 Å². The molecule has 2 N–H and O–H groups in total. The number of hydrogen-bond donors (Lipinski definition) is 2. The van der Waals surface area contributed by atoms with Crippen LogP contribution in [0, 0.1) is 17.0 Å². The maximum Gasteiger partial charge on any atom is 0.290 e. The van der Waals surface area contributed by atoms with E-state index in [4.69, 9.17) is 4.74 Å². The molecule has 0 aliphatic carbocycles. The minimum Gasteiger partial charge on any atom is -0.388 e. The second-order valence-corrected chi connectivity index (χ2v) is 3.91. The number of nitro groups is 1. The smallest absolute Gasteiger partial charge is 0.290 e. The Balaban J connectivity index is 2.12. The van der Waals surface area contributed by atoms with Gasteiger partial charge in [-0.1, -0.05) is 0 Å². The number of aromatic nitrogens is 1. The van der Waals surface area contributed by atoms with Crippen molar-refractivity contribution in [1.29, 1.82) is 0 Å². The van der Waals surface area contributed by atoms with Crippen LogP contribution >= 0.6 is 0 Å². The molecule has 2 heterocycles. The van der Waals surface area contributed by atoms with E-state index in [1.165, 1.54) is 12.1 Å².